The average molecular weight is 362 g/mol. The highest BCUT2D eigenvalue weighted by Crippen LogP contribution is 2.29. The molecule has 0 atom stereocenters. The molecule has 28 heavy (non-hydrogen) atoms. The van der Waals surface area contributed by atoms with E-state index in [-0.39, 0.29) is 0 Å². The number of anilines is 2. The van der Waals surface area contributed by atoms with Crippen LogP contribution in [-0.4, -0.2) is 6.21 Å². The lowest BCUT2D eigenvalue weighted by Crippen LogP contribution is -2.09. The van der Waals surface area contributed by atoms with E-state index < -0.39 is 0 Å². The van der Waals surface area contributed by atoms with E-state index in [2.05, 4.69) is 18.2 Å². The van der Waals surface area contributed by atoms with E-state index in [1.165, 1.54) is 0 Å². The third kappa shape index (κ3) is 3.03. The Morgan fingerprint density at radius 2 is 1.21 bits per heavy atom. The molecule has 0 aliphatic carbocycles. The van der Waals surface area contributed by atoms with Gasteiger partial charge in [0.05, 0.1) is 17.6 Å². The van der Waals surface area contributed by atoms with E-state index in [1.807, 2.05) is 96.2 Å². The number of hydrogen-bond donors (Lipinski definition) is 0. The monoisotopic (exact) mass is 362 g/mol. The summed E-state index contributed by atoms with van der Waals surface area (Å²) < 4.78 is 5.99. The van der Waals surface area contributed by atoms with E-state index in [1.54, 1.807) is 0 Å². The molecular formula is C25H18N2O. The molecule has 5 aromatic rings. The normalized spacial score (nSPS) is 11.4. The Bertz CT molecular complexity index is 1220. The van der Waals surface area contributed by atoms with Crippen molar-refractivity contribution in [3.8, 4) is 0 Å². The molecule has 4 aromatic carbocycles. The van der Waals surface area contributed by atoms with Gasteiger partial charge in [-0.1, -0.05) is 60.7 Å². The number of hydrazone groups is 1. The molecule has 0 N–H and O–H groups in total. The molecule has 0 amide bonds. The zero-order valence-corrected chi connectivity index (χ0v) is 15.2. The number of hydrogen-bond acceptors (Lipinski definition) is 3. The molecule has 0 unspecified atom stereocenters. The fraction of sp³-hybridized carbons (Fsp3) is 0. The molecule has 1 aromatic heterocycles. The van der Waals surface area contributed by atoms with Gasteiger partial charge in [0.1, 0.15) is 11.2 Å². The Hall–Kier alpha value is -3.85. The van der Waals surface area contributed by atoms with E-state index in [0.29, 0.717) is 0 Å². The van der Waals surface area contributed by atoms with E-state index in [0.717, 1.165) is 38.9 Å². The summed E-state index contributed by atoms with van der Waals surface area (Å²) in [5.74, 6) is 0. The van der Waals surface area contributed by atoms with E-state index in [4.69, 9.17) is 9.52 Å². The quantitative estimate of drug-likeness (QED) is 0.261. The van der Waals surface area contributed by atoms with Crippen LogP contribution in [-0.2, 0) is 0 Å². The summed E-state index contributed by atoms with van der Waals surface area (Å²) in [6.45, 7) is 0. The van der Waals surface area contributed by atoms with Gasteiger partial charge in [0.2, 0.25) is 0 Å². The summed E-state index contributed by atoms with van der Waals surface area (Å²) in [5, 5.41) is 8.95. The van der Waals surface area contributed by atoms with Gasteiger partial charge in [-0.3, -0.25) is 0 Å². The third-order valence-electron chi connectivity index (χ3n) is 4.73. The van der Waals surface area contributed by atoms with Crippen molar-refractivity contribution in [1.29, 1.82) is 0 Å². The topological polar surface area (TPSA) is 28.7 Å². The van der Waals surface area contributed by atoms with Gasteiger partial charge in [-0.2, -0.15) is 5.10 Å². The minimum Gasteiger partial charge on any atom is -0.456 e. The van der Waals surface area contributed by atoms with Crippen molar-refractivity contribution in [3.05, 3.63) is 109 Å². The Morgan fingerprint density at radius 1 is 0.607 bits per heavy atom. The van der Waals surface area contributed by atoms with Crippen LogP contribution < -0.4 is 5.01 Å². The van der Waals surface area contributed by atoms with Crippen molar-refractivity contribution in [2.75, 3.05) is 5.01 Å². The second kappa shape index (κ2) is 7.05. The minimum absolute atomic E-state index is 0.871. The number of nitrogens with zero attached hydrogens (tertiary/aromatic N) is 2. The highest BCUT2D eigenvalue weighted by atomic mass is 16.3. The van der Waals surface area contributed by atoms with Crippen molar-refractivity contribution >= 4 is 39.5 Å². The lowest BCUT2D eigenvalue weighted by molar-refractivity contribution is 0.669. The molecule has 0 aliphatic heterocycles. The summed E-state index contributed by atoms with van der Waals surface area (Å²) in [5.41, 5.74) is 4.78. The highest BCUT2D eigenvalue weighted by molar-refractivity contribution is 6.06. The SMILES string of the molecule is C(=N\N(c1ccccc1)c1ccccc1)/c1ccc2c(c1)oc1ccccc12. The first-order valence-electron chi connectivity index (χ1n) is 9.24. The number of benzene rings is 4. The van der Waals surface area contributed by atoms with Crippen LogP contribution in [0.15, 0.2) is 113 Å². The second-order valence-electron chi connectivity index (χ2n) is 6.58. The Balaban J connectivity index is 1.54. The minimum atomic E-state index is 0.871. The lowest BCUT2D eigenvalue weighted by atomic mass is 10.1. The molecule has 0 radical (unpaired) electrons. The molecular weight excluding hydrogens is 344 g/mol. The predicted octanol–water partition coefficient (Wildman–Crippen LogP) is 6.76. The van der Waals surface area contributed by atoms with Crippen LogP contribution in [0.5, 0.6) is 0 Å². The molecule has 3 heteroatoms. The standard InChI is InChI=1S/C25H18N2O/c1-3-9-20(10-4-1)27(21-11-5-2-6-12-21)26-18-19-15-16-23-22-13-7-8-14-24(22)28-25(23)17-19/h1-18H/b26-18+. The van der Waals surface area contributed by atoms with Gasteiger partial charge >= 0.3 is 0 Å². The summed E-state index contributed by atoms with van der Waals surface area (Å²) in [7, 11) is 0. The summed E-state index contributed by atoms with van der Waals surface area (Å²) in [4.78, 5) is 0. The second-order valence-corrected chi connectivity index (χ2v) is 6.58. The largest absolute Gasteiger partial charge is 0.456 e. The van der Waals surface area contributed by atoms with Crippen LogP contribution >= 0.6 is 0 Å². The maximum Gasteiger partial charge on any atom is 0.136 e. The highest BCUT2D eigenvalue weighted by Gasteiger charge is 2.08. The van der Waals surface area contributed by atoms with Crippen LogP contribution in [0.3, 0.4) is 0 Å². The Labute approximate surface area is 163 Å². The Kier molecular flexibility index (Phi) is 4.11. The lowest BCUT2D eigenvalue weighted by Gasteiger charge is -2.19. The molecule has 0 aliphatic rings. The number of rotatable bonds is 4. The van der Waals surface area contributed by atoms with Crippen molar-refractivity contribution in [1.82, 2.24) is 0 Å². The van der Waals surface area contributed by atoms with Crippen molar-refractivity contribution in [2.24, 2.45) is 5.10 Å². The molecule has 5 rings (SSSR count). The van der Waals surface area contributed by atoms with E-state index in [9.17, 15) is 0 Å². The number of furan rings is 1. The maximum absolute atomic E-state index is 5.99. The van der Waals surface area contributed by atoms with Gasteiger partial charge in [0.25, 0.3) is 0 Å². The summed E-state index contributed by atoms with van der Waals surface area (Å²) in [6.07, 6.45) is 1.87. The maximum atomic E-state index is 5.99. The molecule has 0 spiro atoms. The molecule has 134 valence electrons. The van der Waals surface area contributed by atoms with Crippen molar-refractivity contribution in [2.45, 2.75) is 0 Å². The molecule has 0 saturated carbocycles. The fourth-order valence-electron chi connectivity index (χ4n) is 3.37. The average Bonchev–Trinajstić information content (AvgIpc) is 3.13. The van der Waals surface area contributed by atoms with Crippen LogP contribution in [0.2, 0.25) is 0 Å². The van der Waals surface area contributed by atoms with Gasteiger partial charge in [0.15, 0.2) is 0 Å². The first kappa shape index (κ1) is 16.3. The Morgan fingerprint density at radius 3 is 1.93 bits per heavy atom. The number of fused-ring (bicyclic) bond motifs is 3. The van der Waals surface area contributed by atoms with Gasteiger partial charge in [-0.15, -0.1) is 0 Å². The first-order chi connectivity index (χ1) is 13.9. The van der Waals surface area contributed by atoms with Crippen molar-refractivity contribution < 1.29 is 4.42 Å². The molecule has 0 fully saturated rings. The van der Waals surface area contributed by atoms with Crippen LogP contribution in [0.4, 0.5) is 11.4 Å². The third-order valence-corrected chi connectivity index (χ3v) is 4.73. The zero-order chi connectivity index (χ0) is 18.8. The molecule has 0 saturated heterocycles. The van der Waals surface area contributed by atoms with Crippen molar-refractivity contribution in [3.63, 3.8) is 0 Å². The van der Waals surface area contributed by atoms with Gasteiger partial charge in [-0.05, 0) is 48.0 Å². The predicted molar refractivity (Wildman–Crippen MR) is 116 cm³/mol. The fourth-order valence-corrected chi connectivity index (χ4v) is 3.37. The molecule has 0 bridgehead atoms. The van der Waals surface area contributed by atoms with Crippen LogP contribution in [0, 0.1) is 0 Å². The summed E-state index contributed by atoms with van der Waals surface area (Å²) >= 11 is 0. The molecule has 3 nitrogen and oxygen atoms in total. The summed E-state index contributed by atoms with van der Waals surface area (Å²) in [6, 6.07) is 34.6. The number of para-hydroxylation sites is 3. The smallest absolute Gasteiger partial charge is 0.136 e. The van der Waals surface area contributed by atoms with Gasteiger partial charge in [-0.25, -0.2) is 5.01 Å². The van der Waals surface area contributed by atoms with E-state index >= 15 is 0 Å². The van der Waals surface area contributed by atoms with Crippen LogP contribution in [0.1, 0.15) is 5.56 Å². The van der Waals surface area contributed by atoms with Crippen LogP contribution in [0.25, 0.3) is 21.9 Å². The zero-order valence-electron chi connectivity index (χ0n) is 15.2. The first-order valence-corrected chi connectivity index (χ1v) is 9.24. The van der Waals surface area contributed by atoms with Gasteiger partial charge in [0, 0.05) is 10.8 Å². The molecule has 1 heterocycles. The van der Waals surface area contributed by atoms with Gasteiger partial charge < -0.3 is 4.42 Å².